The second-order valence-corrected chi connectivity index (χ2v) is 6.87. The zero-order valence-electron chi connectivity index (χ0n) is 17.7. The van der Waals surface area contributed by atoms with Crippen molar-refractivity contribution in [1.29, 1.82) is 0 Å². The molecule has 0 saturated carbocycles. The lowest BCUT2D eigenvalue weighted by Crippen LogP contribution is -2.39. The van der Waals surface area contributed by atoms with Gasteiger partial charge in [-0.25, -0.2) is 4.99 Å². The Kier molecular flexibility index (Phi) is 15.8. The largest absolute Gasteiger partial charge is 0.380 e. The summed E-state index contributed by atoms with van der Waals surface area (Å²) in [6, 6.07) is 7.61. The Labute approximate surface area is 187 Å². The van der Waals surface area contributed by atoms with E-state index in [0.717, 1.165) is 37.5 Å². The van der Waals surface area contributed by atoms with Gasteiger partial charge in [-0.2, -0.15) is 0 Å². The van der Waals surface area contributed by atoms with Gasteiger partial charge in [0.25, 0.3) is 5.91 Å². The van der Waals surface area contributed by atoms with Gasteiger partial charge in [0.05, 0.1) is 13.2 Å². The third-order valence-electron chi connectivity index (χ3n) is 3.87. The third-order valence-corrected chi connectivity index (χ3v) is 3.87. The summed E-state index contributed by atoms with van der Waals surface area (Å²) in [4.78, 5) is 16.7. The van der Waals surface area contributed by atoms with Gasteiger partial charge in [0, 0.05) is 31.8 Å². The molecule has 0 atom stereocenters. The minimum Gasteiger partial charge on any atom is -0.380 e. The number of amides is 1. The number of nitrogens with zero attached hydrogens (tertiary/aromatic N) is 1. The average molecular weight is 504 g/mol. The first-order valence-electron chi connectivity index (χ1n) is 10.0. The van der Waals surface area contributed by atoms with Gasteiger partial charge >= 0.3 is 0 Å². The fourth-order valence-corrected chi connectivity index (χ4v) is 2.33. The van der Waals surface area contributed by atoms with Gasteiger partial charge in [0.15, 0.2) is 5.96 Å². The molecule has 1 aromatic carbocycles. The molecule has 160 valence electrons. The van der Waals surface area contributed by atoms with E-state index in [2.05, 4.69) is 34.8 Å². The highest BCUT2D eigenvalue weighted by Crippen LogP contribution is 2.07. The molecule has 3 N–H and O–H groups in total. The molecule has 0 fully saturated rings. The molecule has 0 aromatic heterocycles. The summed E-state index contributed by atoms with van der Waals surface area (Å²) in [5, 5.41) is 9.41. The lowest BCUT2D eigenvalue weighted by Gasteiger charge is -2.12. The number of hydrogen-bond acceptors (Lipinski definition) is 3. The van der Waals surface area contributed by atoms with E-state index >= 15 is 0 Å². The molecular formula is C21H37IN4O2. The van der Waals surface area contributed by atoms with E-state index in [-0.39, 0.29) is 29.9 Å². The number of nitrogens with one attached hydrogen (secondary N) is 3. The van der Waals surface area contributed by atoms with Crippen LogP contribution < -0.4 is 16.0 Å². The van der Waals surface area contributed by atoms with Crippen LogP contribution in [0.4, 0.5) is 0 Å². The predicted molar refractivity (Wildman–Crippen MR) is 128 cm³/mol. The minimum atomic E-state index is -0.0359. The van der Waals surface area contributed by atoms with Crippen molar-refractivity contribution in [3.63, 3.8) is 0 Å². The Bertz CT molecular complexity index is 579. The maximum Gasteiger partial charge on any atom is 0.251 e. The standard InChI is InChI=1S/C21H36N4O2.HI/c1-5-11-23-20(26)19-9-7-8-18(15-19)16-25-21(22-6-2)24-12-14-27-13-10-17(3)4;/h7-9,15,17H,5-6,10-14,16H2,1-4H3,(H,23,26)(H2,22,24,25);1H. The second-order valence-electron chi connectivity index (χ2n) is 6.87. The molecule has 0 aliphatic carbocycles. The van der Waals surface area contributed by atoms with Crippen molar-refractivity contribution in [2.24, 2.45) is 10.9 Å². The number of carbonyl (C=O) groups is 1. The summed E-state index contributed by atoms with van der Waals surface area (Å²) in [5.74, 6) is 1.38. The van der Waals surface area contributed by atoms with Gasteiger partial charge in [0.1, 0.15) is 0 Å². The van der Waals surface area contributed by atoms with E-state index in [0.29, 0.717) is 37.7 Å². The lowest BCUT2D eigenvalue weighted by molar-refractivity contribution is 0.0953. The zero-order chi connectivity index (χ0) is 19.9. The van der Waals surface area contributed by atoms with E-state index in [9.17, 15) is 4.79 Å². The van der Waals surface area contributed by atoms with E-state index in [1.54, 1.807) is 0 Å². The van der Waals surface area contributed by atoms with Crippen LogP contribution in [0.3, 0.4) is 0 Å². The van der Waals surface area contributed by atoms with Crippen molar-refractivity contribution in [1.82, 2.24) is 16.0 Å². The monoisotopic (exact) mass is 504 g/mol. The zero-order valence-corrected chi connectivity index (χ0v) is 20.0. The van der Waals surface area contributed by atoms with Gasteiger partial charge in [-0.1, -0.05) is 32.9 Å². The summed E-state index contributed by atoms with van der Waals surface area (Å²) in [6.45, 7) is 12.6. The summed E-state index contributed by atoms with van der Waals surface area (Å²) in [7, 11) is 0. The number of rotatable bonds is 12. The average Bonchev–Trinajstić information content (AvgIpc) is 2.66. The Morgan fingerprint density at radius 3 is 2.57 bits per heavy atom. The molecule has 7 heteroatoms. The normalized spacial score (nSPS) is 11.1. The minimum absolute atomic E-state index is 0. The van der Waals surface area contributed by atoms with E-state index in [1.165, 1.54) is 0 Å². The smallest absolute Gasteiger partial charge is 0.251 e. The summed E-state index contributed by atoms with van der Waals surface area (Å²) in [6.07, 6.45) is 2.00. The van der Waals surface area contributed by atoms with Crippen LogP contribution in [-0.2, 0) is 11.3 Å². The molecule has 0 radical (unpaired) electrons. The highest BCUT2D eigenvalue weighted by atomic mass is 127. The summed E-state index contributed by atoms with van der Waals surface area (Å²) in [5.41, 5.74) is 1.68. The number of guanidine groups is 1. The Morgan fingerprint density at radius 2 is 1.89 bits per heavy atom. The van der Waals surface area contributed by atoms with Crippen LogP contribution in [-0.4, -0.2) is 44.7 Å². The molecule has 1 amide bonds. The molecule has 0 heterocycles. The topological polar surface area (TPSA) is 74.8 Å². The number of benzene rings is 1. The van der Waals surface area contributed by atoms with Crippen LogP contribution in [0.5, 0.6) is 0 Å². The highest BCUT2D eigenvalue weighted by Gasteiger charge is 2.05. The quantitative estimate of drug-likeness (QED) is 0.176. The SMILES string of the molecule is CCCNC(=O)c1cccc(CN=C(NCC)NCCOCCC(C)C)c1.I. The third kappa shape index (κ3) is 12.2. The van der Waals surface area contributed by atoms with Gasteiger partial charge in [-0.15, -0.1) is 24.0 Å². The van der Waals surface area contributed by atoms with E-state index in [1.807, 2.05) is 38.1 Å². The van der Waals surface area contributed by atoms with Crippen LogP contribution in [0, 0.1) is 5.92 Å². The number of hydrogen-bond donors (Lipinski definition) is 3. The maximum atomic E-state index is 12.1. The van der Waals surface area contributed by atoms with Crippen molar-refractivity contribution in [2.75, 3.05) is 32.8 Å². The predicted octanol–water partition coefficient (Wildman–Crippen LogP) is 3.56. The van der Waals surface area contributed by atoms with Crippen LogP contribution in [0.15, 0.2) is 29.3 Å². The van der Waals surface area contributed by atoms with Gasteiger partial charge in [-0.05, 0) is 43.4 Å². The number of aliphatic imine (C=N–C) groups is 1. The fraction of sp³-hybridized carbons (Fsp3) is 0.619. The van der Waals surface area contributed by atoms with Crippen LogP contribution in [0.25, 0.3) is 0 Å². The molecule has 1 rings (SSSR count). The molecule has 1 aromatic rings. The highest BCUT2D eigenvalue weighted by molar-refractivity contribution is 14.0. The van der Waals surface area contributed by atoms with Crippen molar-refractivity contribution < 1.29 is 9.53 Å². The molecule has 0 spiro atoms. The number of carbonyl (C=O) groups excluding carboxylic acids is 1. The van der Waals surface area contributed by atoms with Crippen molar-refractivity contribution in [3.8, 4) is 0 Å². The maximum absolute atomic E-state index is 12.1. The molecular weight excluding hydrogens is 467 g/mol. The second kappa shape index (κ2) is 16.6. The van der Waals surface area contributed by atoms with E-state index in [4.69, 9.17) is 4.74 Å². The van der Waals surface area contributed by atoms with Gasteiger partial charge < -0.3 is 20.7 Å². The first-order chi connectivity index (χ1) is 13.1. The van der Waals surface area contributed by atoms with Crippen molar-refractivity contribution in [3.05, 3.63) is 35.4 Å². The van der Waals surface area contributed by atoms with Gasteiger partial charge in [0.2, 0.25) is 0 Å². The first-order valence-corrected chi connectivity index (χ1v) is 10.0. The molecule has 0 saturated heterocycles. The van der Waals surface area contributed by atoms with Crippen LogP contribution in [0.1, 0.15) is 56.5 Å². The van der Waals surface area contributed by atoms with Crippen LogP contribution in [0.2, 0.25) is 0 Å². The Balaban J connectivity index is 0.00000729. The molecule has 6 nitrogen and oxygen atoms in total. The van der Waals surface area contributed by atoms with Crippen LogP contribution >= 0.6 is 24.0 Å². The molecule has 0 aliphatic heterocycles. The van der Waals surface area contributed by atoms with Crippen molar-refractivity contribution >= 4 is 35.8 Å². The molecule has 0 aliphatic rings. The molecule has 0 bridgehead atoms. The first kappa shape index (κ1) is 26.6. The Morgan fingerprint density at radius 1 is 1.11 bits per heavy atom. The van der Waals surface area contributed by atoms with Crippen molar-refractivity contribution in [2.45, 2.75) is 47.1 Å². The number of ether oxygens (including phenoxy) is 1. The molecule has 28 heavy (non-hydrogen) atoms. The summed E-state index contributed by atoms with van der Waals surface area (Å²) >= 11 is 0. The lowest BCUT2D eigenvalue weighted by atomic mass is 10.1. The fourth-order valence-electron chi connectivity index (χ4n) is 2.33. The number of halogens is 1. The van der Waals surface area contributed by atoms with E-state index < -0.39 is 0 Å². The Hall–Kier alpha value is -1.35. The van der Waals surface area contributed by atoms with Gasteiger partial charge in [-0.3, -0.25) is 4.79 Å². The molecule has 0 unspecified atom stereocenters. The summed E-state index contributed by atoms with van der Waals surface area (Å²) < 4.78 is 5.62.